The monoisotopic (exact) mass is 396 g/mol. The summed E-state index contributed by atoms with van der Waals surface area (Å²) in [6.45, 7) is -0.855. The molecule has 1 heterocycles. The van der Waals surface area contributed by atoms with Gasteiger partial charge in [0.05, 0.1) is 11.9 Å². The van der Waals surface area contributed by atoms with Crippen LogP contribution in [0.5, 0.6) is 0 Å². The third-order valence-electron chi connectivity index (χ3n) is 5.79. The molecule has 0 radical (unpaired) electrons. The molecule has 4 rings (SSSR count). The fourth-order valence-electron chi connectivity index (χ4n) is 4.26. The number of nitrogens with zero attached hydrogens (tertiary/aromatic N) is 4. The van der Waals surface area contributed by atoms with Crippen molar-refractivity contribution in [2.75, 3.05) is 0 Å². The number of hydrogen-bond donors (Lipinski definition) is 0. The summed E-state index contributed by atoms with van der Waals surface area (Å²) in [5.74, 6) is 0.217. The molecule has 0 N–H and O–H groups in total. The first-order valence-corrected chi connectivity index (χ1v) is 10.2. The molecule has 0 unspecified atom stereocenters. The van der Waals surface area contributed by atoms with Gasteiger partial charge in [-0.25, -0.2) is 0 Å². The smallest absolute Gasteiger partial charge is 0.292 e. The first-order chi connectivity index (χ1) is 14.2. The second-order valence-electron chi connectivity index (χ2n) is 7.75. The summed E-state index contributed by atoms with van der Waals surface area (Å²) in [4.78, 5) is 3.06. The van der Waals surface area contributed by atoms with E-state index in [2.05, 4.69) is 63.6 Å². The molecule has 1 saturated carbocycles. The molecule has 0 atom stereocenters. The molecule has 4 nitrogen and oxygen atoms in total. The lowest BCUT2D eigenvalue weighted by Gasteiger charge is -2.36. The van der Waals surface area contributed by atoms with E-state index in [0.717, 1.165) is 38.8 Å². The molecule has 1 aromatic heterocycles. The minimum atomic E-state index is -2.67. The first-order valence-electron chi connectivity index (χ1n) is 10.2. The van der Waals surface area contributed by atoms with Crippen LogP contribution >= 0.6 is 0 Å². The van der Waals surface area contributed by atoms with E-state index < -0.39 is 6.55 Å². The van der Waals surface area contributed by atoms with E-state index >= 15 is 0 Å². The van der Waals surface area contributed by atoms with Gasteiger partial charge in [-0.05, 0) is 36.8 Å². The van der Waals surface area contributed by atoms with Crippen LogP contribution in [-0.2, 0) is 13.1 Å². The number of aromatic nitrogens is 3. The number of hydrogen-bond acceptors (Lipinski definition) is 3. The Morgan fingerprint density at radius 2 is 1.41 bits per heavy atom. The van der Waals surface area contributed by atoms with Crippen molar-refractivity contribution in [2.45, 2.75) is 57.3 Å². The van der Waals surface area contributed by atoms with Gasteiger partial charge in [-0.15, -0.1) is 4.80 Å². The van der Waals surface area contributed by atoms with Crippen molar-refractivity contribution in [1.29, 1.82) is 0 Å². The van der Waals surface area contributed by atoms with Gasteiger partial charge in [-0.1, -0.05) is 60.7 Å². The molecule has 152 valence electrons. The summed E-state index contributed by atoms with van der Waals surface area (Å²) >= 11 is 0. The fourth-order valence-corrected chi connectivity index (χ4v) is 4.26. The van der Waals surface area contributed by atoms with Crippen molar-refractivity contribution in [3.63, 3.8) is 0 Å². The average molecular weight is 396 g/mol. The van der Waals surface area contributed by atoms with Gasteiger partial charge < -0.3 is 0 Å². The summed E-state index contributed by atoms with van der Waals surface area (Å²) in [6.07, 6.45) is 5.47. The molecule has 29 heavy (non-hydrogen) atoms. The van der Waals surface area contributed by atoms with Gasteiger partial charge in [-0.2, -0.15) is 19.0 Å². The van der Waals surface area contributed by atoms with Crippen molar-refractivity contribution in [1.82, 2.24) is 19.9 Å². The average Bonchev–Trinajstić information content (AvgIpc) is 3.26. The predicted molar refractivity (Wildman–Crippen MR) is 108 cm³/mol. The van der Waals surface area contributed by atoms with Crippen LogP contribution in [0.25, 0.3) is 0 Å². The van der Waals surface area contributed by atoms with Crippen molar-refractivity contribution in [3.05, 3.63) is 83.7 Å². The van der Waals surface area contributed by atoms with E-state index in [1.165, 1.54) is 17.3 Å². The van der Waals surface area contributed by atoms with Gasteiger partial charge in [0, 0.05) is 25.0 Å². The summed E-state index contributed by atoms with van der Waals surface area (Å²) in [7, 11) is 0. The quantitative estimate of drug-likeness (QED) is 0.536. The number of rotatable bonds is 7. The molecular formula is C23H26F2N4. The van der Waals surface area contributed by atoms with Crippen LogP contribution in [-0.4, -0.2) is 25.9 Å². The van der Waals surface area contributed by atoms with Crippen molar-refractivity contribution >= 4 is 0 Å². The molecule has 3 aromatic rings. The minimum Gasteiger partial charge on any atom is -0.292 e. The minimum absolute atomic E-state index is 0.217. The Labute approximate surface area is 170 Å². The van der Waals surface area contributed by atoms with Crippen LogP contribution in [0, 0.1) is 0 Å². The van der Waals surface area contributed by atoms with Gasteiger partial charge in [0.15, 0.2) is 0 Å². The van der Waals surface area contributed by atoms with E-state index in [9.17, 15) is 8.78 Å². The molecule has 0 bridgehead atoms. The van der Waals surface area contributed by atoms with E-state index in [1.54, 1.807) is 0 Å². The maximum absolute atomic E-state index is 12.8. The Hall–Kier alpha value is -2.60. The lowest BCUT2D eigenvalue weighted by Crippen LogP contribution is -2.37. The second-order valence-corrected chi connectivity index (χ2v) is 7.75. The molecule has 1 fully saturated rings. The Bertz CT molecular complexity index is 833. The fraction of sp³-hybridized carbons (Fsp3) is 0.391. The predicted octanol–water partition coefficient (Wildman–Crippen LogP) is 5.40. The number of halogens is 2. The Balaban J connectivity index is 1.43. The highest BCUT2D eigenvalue weighted by atomic mass is 19.3. The topological polar surface area (TPSA) is 34.0 Å². The molecule has 6 heteroatoms. The van der Waals surface area contributed by atoms with Gasteiger partial charge in [0.1, 0.15) is 0 Å². The largest absolute Gasteiger partial charge is 0.348 e. The normalized spacial score (nSPS) is 19.7. The van der Waals surface area contributed by atoms with E-state index in [1.807, 2.05) is 12.1 Å². The summed E-state index contributed by atoms with van der Waals surface area (Å²) in [5.41, 5.74) is 3.32. The zero-order valence-electron chi connectivity index (χ0n) is 16.4. The van der Waals surface area contributed by atoms with E-state index in [-0.39, 0.29) is 5.92 Å². The van der Waals surface area contributed by atoms with Crippen LogP contribution in [0.2, 0.25) is 0 Å². The Morgan fingerprint density at radius 1 is 0.862 bits per heavy atom. The Kier molecular flexibility index (Phi) is 6.30. The maximum atomic E-state index is 12.8. The van der Waals surface area contributed by atoms with Crippen LogP contribution in [0.15, 0.2) is 66.9 Å². The highest BCUT2D eigenvalue weighted by Crippen LogP contribution is 2.35. The lowest BCUT2D eigenvalue weighted by molar-refractivity contribution is 0.0406. The van der Waals surface area contributed by atoms with Crippen LogP contribution in [0.4, 0.5) is 8.78 Å². The number of benzene rings is 2. The van der Waals surface area contributed by atoms with Crippen LogP contribution in [0.3, 0.4) is 0 Å². The molecule has 0 saturated heterocycles. The van der Waals surface area contributed by atoms with Crippen LogP contribution < -0.4 is 0 Å². The lowest BCUT2D eigenvalue weighted by atomic mass is 9.83. The molecule has 0 aliphatic heterocycles. The van der Waals surface area contributed by atoms with E-state index in [0.29, 0.717) is 16.5 Å². The third kappa shape index (κ3) is 5.07. The van der Waals surface area contributed by atoms with Crippen molar-refractivity contribution < 1.29 is 8.78 Å². The molecule has 1 aliphatic carbocycles. The van der Waals surface area contributed by atoms with Crippen molar-refractivity contribution in [2.24, 2.45) is 0 Å². The van der Waals surface area contributed by atoms with Crippen molar-refractivity contribution in [3.8, 4) is 0 Å². The maximum Gasteiger partial charge on any atom is 0.348 e. The molecule has 0 spiro atoms. The van der Waals surface area contributed by atoms with Gasteiger partial charge >= 0.3 is 6.55 Å². The molecule has 0 amide bonds. The SMILES string of the molecule is FC(F)n1ncc([C@H]2CC[C@H](N(Cc3ccccc3)Cc3ccccc3)CC2)n1. The second kappa shape index (κ2) is 9.27. The Morgan fingerprint density at radius 3 is 1.90 bits per heavy atom. The standard InChI is InChI=1S/C23H26F2N4/c24-23(25)29-26-15-22(27-29)20-11-13-21(14-12-20)28(16-18-7-3-1-4-8-18)17-19-9-5-2-6-10-19/h1-10,15,20-21,23H,11-14,16-17H2/t20-,21-. The summed E-state index contributed by atoms with van der Waals surface area (Å²) < 4.78 is 25.5. The number of alkyl halides is 2. The molecule has 1 aliphatic rings. The summed E-state index contributed by atoms with van der Waals surface area (Å²) in [5, 5.41) is 7.68. The highest BCUT2D eigenvalue weighted by Gasteiger charge is 2.28. The zero-order valence-corrected chi connectivity index (χ0v) is 16.4. The first kappa shape index (κ1) is 19.7. The third-order valence-corrected chi connectivity index (χ3v) is 5.79. The van der Waals surface area contributed by atoms with E-state index in [4.69, 9.17) is 0 Å². The van der Waals surface area contributed by atoms with Crippen LogP contribution in [0.1, 0.15) is 55.0 Å². The molecule has 2 aromatic carbocycles. The zero-order chi connectivity index (χ0) is 20.1. The molecular weight excluding hydrogens is 370 g/mol. The van der Waals surface area contributed by atoms with Gasteiger partial charge in [0.25, 0.3) is 0 Å². The highest BCUT2D eigenvalue weighted by molar-refractivity contribution is 5.17. The van der Waals surface area contributed by atoms with Gasteiger partial charge in [0.2, 0.25) is 0 Å². The summed E-state index contributed by atoms with van der Waals surface area (Å²) in [6, 6.07) is 21.6. The van der Waals surface area contributed by atoms with Gasteiger partial charge in [-0.3, -0.25) is 4.90 Å².